The standard InChI is InChI=1S/C25H25ClN4O3S2.ClH/c1-28(2)15-16-30(25-27-22-14-11-19(26)17-23(22)34-25)24(31)18-9-12-21(13-10-18)35(32,33)29(3)20-7-5-4-6-8-20;/h4-14,17H,15-16H2,1-3H3;1H. The van der Waals surface area contributed by atoms with Crippen molar-refractivity contribution in [1.29, 1.82) is 0 Å². The highest BCUT2D eigenvalue weighted by atomic mass is 35.5. The summed E-state index contributed by atoms with van der Waals surface area (Å²) in [6.07, 6.45) is 0. The molecule has 0 aliphatic rings. The number of para-hydroxylation sites is 1. The number of nitrogens with zero attached hydrogens (tertiary/aromatic N) is 4. The number of carbonyl (C=O) groups excluding carboxylic acids is 1. The van der Waals surface area contributed by atoms with E-state index in [1.807, 2.05) is 37.2 Å². The molecule has 0 fully saturated rings. The maximum absolute atomic E-state index is 13.5. The lowest BCUT2D eigenvalue weighted by molar-refractivity contribution is 0.0985. The predicted octanol–water partition coefficient (Wildman–Crippen LogP) is 5.41. The minimum Gasteiger partial charge on any atom is -0.308 e. The van der Waals surface area contributed by atoms with Crippen molar-refractivity contribution < 1.29 is 13.2 Å². The first-order valence-electron chi connectivity index (χ1n) is 10.8. The molecule has 4 rings (SSSR count). The average molecular weight is 566 g/mol. The predicted molar refractivity (Wildman–Crippen MR) is 151 cm³/mol. The van der Waals surface area contributed by atoms with Gasteiger partial charge in [0.25, 0.3) is 15.9 Å². The molecule has 36 heavy (non-hydrogen) atoms. The van der Waals surface area contributed by atoms with Gasteiger partial charge in [-0.05, 0) is 68.7 Å². The van der Waals surface area contributed by atoms with Crippen molar-refractivity contribution in [3.8, 4) is 0 Å². The van der Waals surface area contributed by atoms with Gasteiger partial charge in [0.1, 0.15) is 0 Å². The fourth-order valence-electron chi connectivity index (χ4n) is 3.45. The van der Waals surface area contributed by atoms with Crippen molar-refractivity contribution in [3.05, 3.63) is 83.4 Å². The summed E-state index contributed by atoms with van der Waals surface area (Å²) in [5.41, 5.74) is 1.70. The first-order chi connectivity index (χ1) is 16.7. The van der Waals surface area contributed by atoms with Crippen molar-refractivity contribution in [1.82, 2.24) is 9.88 Å². The van der Waals surface area contributed by atoms with E-state index in [0.717, 1.165) is 10.2 Å². The number of aromatic nitrogens is 1. The van der Waals surface area contributed by atoms with Crippen molar-refractivity contribution in [2.24, 2.45) is 0 Å². The SMILES string of the molecule is CN(C)CCN(C(=O)c1ccc(S(=O)(=O)N(C)c2ccccc2)cc1)c1nc2ccc(Cl)cc2s1.Cl. The van der Waals surface area contributed by atoms with Gasteiger partial charge in [-0.3, -0.25) is 14.0 Å². The molecule has 0 saturated heterocycles. The fraction of sp³-hybridized carbons (Fsp3) is 0.200. The second-order valence-corrected chi connectivity index (χ2v) is 11.6. The van der Waals surface area contributed by atoms with E-state index in [4.69, 9.17) is 11.6 Å². The highest BCUT2D eigenvalue weighted by Crippen LogP contribution is 2.32. The van der Waals surface area contributed by atoms with E-state index < -0.39 is 10.0 Å². The lowest BCUT2D eigenvalue weighted by atomic mass is 10.2. The van der Waals surface area contributed by atoms with Crippen LogP contribution in [0.4, 0.5) is 10.8 Å². The van der Waals surface area contributed by atoms with Crippen LogP contribution in [0.25, 0.3) is 10.2 Å². The Kier molecular flexibility index (Phi) is 8.97. The molecule has 7 nitrogen and oxygen atoms in total. The topological polar surface area (TPSA) is 73.8 Å². The summed E-state index contributed by atoms with van der Waals surface area (Å²) in [6, 6.07) is 20.3. The molecule has 0 radical (unpaired) electrons. The Morgan fingerprint density at radius 3 is 2.25 bits per heavy atom. The third-order valence-corrected chi connectivity index (χ3v) is 8.54. The zero-order valence-electron chi connectivity index (χ0n) is 20.0. The van der Waals surface area contributed by atoms with Crippen LogP contribution in [-0.2, 0) is 10.0 Å². The first kappa shape index (κ1) is 27.9. The van der Waals surface area contributed by atoms with Crippen LogP contribution in [0, 0.1) is 0 Å². The largest absolute Gasteiger partial charge is 0.308 e. The number of amides is 1. The van der Waals surface area contributed by atoms with E-state index in [1.165, 1.54) is 34.8 Å². The highest BCUT2D eigenvalue weighted by molar-refractivity contribution is 7.92. The van der Waals surface area contributed by atoms with Gasteiger partial charge in [0.2, 0.25) is 0 Å². The van der Waals surface area contributed by atoms with Gasteiger partial charge in [-0.15, -0.1) is 12.4 Å². The molecule has 0 aliphatic heterocycles. The molecule has 11 heteroatoms. The van der Waals surface area contributed by atoms with Crippen molar-refractivity contribution in [3.63, 3.8) is 0 Å². The maximum Gasteiger partial charge on any atom is 0.264 e. The number of anilines is 2. The van der Waals surface area contributed by atoms with Crippen LogP contribution < -0.4 is 9.21 Å². The molecule has 3 aromatic carbocycles. The summed E-state index contributed by atoms with van der Waals surface area (Å²) in [5, 5.41) is 1.17. The first-order valence-corrected chi connectivity index (χ1v) is 13.5. The molecule has 4 aromatic rings. The maximum atomic E-state index is 13.5. The lowest BCUT2D eigenvalue weighted by Gasteiger charge is -2.22. The van der Waals surface area contributed by atoms with Crippen LogP contribution in [0.3, 0.4) is 0 Å². The normalized spacial score (nSPS) is 11.4. The van der Waals surface area contributed by atoms with Gasteiger partial charge in [-0.1, -0.05) is 41.1 Å². The van der Waals surface area contributed by atoms with Gasteiger partial charge in [0.05, 0.1) is 20.8 Å². The monoisotopic (exact) mass is 564 g/mol. The Bertz CT molecular complexity index is 1440. The zero-order valence-corrected chi connectivity index (χ0v) is 23.2. The number of carbonyl (C=O) groups is 1. The quantitative estimate of drug-likeness (QED) is 0.286. The molecule has 0 unspecified atom stereocenters. The van der Waals surface area contributed by atoms with E-state index in [-0.39, 0.29) is 23.2 Å². The molecular weight excluding hydrogens is 539 g/mol. The van der Waals surface area contributed by atoms with Crippen LogP contribution in [0.15, 0.2) is 77.7 Å². The van der Waals surface area contributed by atoms with E-state index in [1.54, 1.807) is 47.4 Å². The summed E-state index contributed by atoms with van der Waals surface area (Å²) in [4.78, 5) is 21.9. The molecule has 1 aromatic heterocycles. The van der Waals surface area contributed by atoms with Crippen LogP contribution in [0.5, 0.6) is 0 Å². The number of likely N-dealkylation sites (N-methyl/N-ethyl adjacent to an activating group) is 1. The Hall–Kier alpha value is -2.69. The number of hydrogen-bond donors (Lipinski definition) is 0. The molecule has 0 N–H and O–H groups in total. The third kappa shape index (κ3) is 5.99. The number of sulfonamides is 1. The fourth-order valence-corrected chi connectivity index (χ4v) is 5.91. The summed E-state index contributed by atoms with van der Waals surface area (Å²) in [5.74, 6) is -0.252. The van der Waals surface area contributed by atoms with Crippen LogP contribution in [-0.4, -0.2) is 58.4 Å². The number of halogens is 2. The number of rotatable bonds is 8. The van der Waals surface area contributed by atoms with Crippen LogP contribution in [0.2, 0.25) is 5.02 Å². The molecule has 0 atom stereocenters. The Balaban J connectivity index is 0.00000361. The molecule has 0 saturated carbocycles. The third-order valence-electron chi connectivity index (χ3n) is 5.47. The van der Waals surface area contributed by atoms with E-state index in [9.17, 15) is 13.2 Å². The number of fused-ring (bicyclic) bond motifs is 1. The zero-order chi connectivity index (χ0) is 25.2. The second-order valence-electron chi connectivity index (χ2n) is 8.20. The van der Waals surface area contributed by atoms with Gasteiger partial charge < -0.3 is 4.90 Å². The Morgan fingerprint density at radius 1 is 0.944 bits per heavy atom. The van der Waals surface area contributed by atoms with Gasteiger partial charge in [-0.25, -0.2) is 13.4 Å². The Morgan fingerprint density at radius 2 is 1.61 bits per heavy atom. The van der Waals surface area contributed by atoms with Crippen LogP contribution in [0.1, 0.15) is 10.4 Å². The van der Waals surface area contributed by atoms with Crippen molar-refractivity contribution in [2.45, 2.75) is 4.90 Å². The molecule has 0 bridgehead atoms. The van der Waals surface area contributed by atoms with Gasteiger partial charge in [0.15, 0.2) is 5.13 Å². The summed E-state index contributed by atoms with van der Waals surface area (Å²) in [7, 11) is 1.60. The number of thiazole rings is 1. The van der Waals surface area contributed by atoms with E-state index >= 15 is 0 Å². The van der Waals surface area contributed by atoms with Crippen LogP contribution >= 0.6 is 35.3 Å². The van der Waals surface area contributed by atoms with E-state index in [0.29, 0.717) is 34.5 Å². The molecule has 190 valence electrons. The van der Waals surface area contributed by atoms with Crippen molar-refractivity contribution >= 4 is 72.3 Å². The van der Waals surface area contributed by atoms with Gasteiger partial charge in [-0.2, -0.15) is 0 Å². The molecule has 0 aliphatic carbocycles. The number of hydrogen-bond acceptors (Lipinski definition) is 6. The molecule has 0 spiro atoms. The summed E-state index contributed by atoms with van der Waals surface area (Å²) in [6.45, 7) is 1.06. The second kappa shape index (κ2) is 11.6. The molecular formula is C25H26Cl2N4O3S2. The summed E-state index contributed by atoms with van der Waals surface area (Å²) >= 11 is 7.51. The lowest BCUT2D eigenvalue weighted by Crippen LogP contribution is -2.36. The minimum atomic E-state index is -3.77. The highest BCUT2D eigenvalue weighted by Gasteiger charge is 2.24. The minimum absolute atomic E-state index is 0. The van der Waals surface area contributed by atoms with E-state index in [2.05, 4.69) is 4.98 Å². The summed E-state index contributed by atoms with van der Waals surface area (Å²) < 4.78 is 28.3. The molecule has 1 heterocycles. The average Bonchev–Trinajstić information content (AvgIpc) is 3.26. The Labute approximate surface area is 226 Å². The molecule has 1 amide bonds. The van der Waals surface area contributed by atoms with Crippen molar-refractivity contribution in [2.75, 3.05) is 43.4 Å². The van der Waals surface area contributed by atoms with Gasteiger partial charge in [0, 0.05) is 30.7 Å². The number of benzene rings is 3. The van der Waals surface area contributed by atoms with Gasteiger partial charge >= 0.3 is 0 Å². The smallest absolute Gasteiger partial charge is 0.264 e.